The number of amides is 2. The number of imide groups is 1. The Hall–Kier alpha value is -3.16. The molecule has 8 heteroatoms. The maximum Gasteiger partial charge on any atom is 0.437 e. The summed E-state index contributed by atoms with van der Waals surface area (Å²) >= 11 is 0. The zero-order chi connectivity index (χ0) is 19.1. The summed E-state index contributed by atoms with van der Waals surface area (Å²) in [4.78, 5) is 36.6. The van der Waals surface area contributed by atoms with Gasteiger partial charge < -0.3 is 4.74 Å². The van der Waals surface area contributed by atoms with Gasteiger partial charge in [-0.05, 0) is 31.2 Å². The third-order valence-electron chi connectivity index (χ3n) is 4.05. The van der Waals surface area contributed by atoms with Crippen molar-refractivity contribution < 1.29 is 32.3 Å². The number of ether oxygens (including phenoxy) is 1. The number of hydrogen-bond acceptors (Lipinski definition) is 4. The second-order valence-corrected chi connectivity index (χ2v) is 5.78. The fraction of sp³-hybridized carbons (Fsp3) is 0.167. The Labute approximate surface area is 146 Å². The zero-order valence-electron chi connectivity index (χ0n) is 13.4. The Morgan fingerprint density at radius 2 is 1.50 bits per heavy atom. The predicted octanol–water partition coefficient (Wildman–Crippen LogP) is 3.72. The van der Waals surface area contributed by atoms with Crippen molar-refractivity contribution in [1.29, 1.82) is 0 Å². The number of nitrogens with zero attached hydrogens (tertiary/aromatic N) is 1. The minimum absolute atomic E-state index is 0.113. The van der Waals surface area contributed by atoms with E-state index in [0.29, 0.717) is 17.4 Å². The van der Waals surface area contributed by atoms with E-state index < -0.39 is 23.8 Å². The minimum atomic E-state index is -5.04. The van der Waals surface area contributed by atoms with Crippen LogP contribution in [-0.2, 0) is 9.53 Å². The summed E-state index contributed by atoms with van der Waals surface area (Å²) in [5.74, 6) is -1.83. The van der Waals surface area contributed by atoms with Crippen molar-refractivity contribution >= 4 is 23.5 Å². The SMILES string of the molecule is CC1(C(F)(F)F)OC(=O)N(c2ccc(C(=O)c3ccccc3)cc2)C1=O. The van der Waals surface area contributed by atoms with E-state index in [1.807, 2.05) is 0 Å². The summed E-state index contributed by atoms with van der Waals surface area (Å²) < 4.78 is 43.4. The molecule has 0 radical (unpaired) electrons. The van der Waals surface area contributed by atoms with Crippen LogP contribution in [0.4, 0.5) is 23.7 Å². The van der Waals surface area contributed by atoms with Gasteiger partial charge in [0.1, 0.15) is 0 Å². The molecule has 0 saturated carbocycles. The molecule has 2 aromatic carbocycles. The number of cyclic esters (lactones) is 1. The van der Waals surface area contributed by atoms with Crippen LogP contribution in [0.2, 0.25) is 0 Å². The highest BCUT2D eigenvalue weighted by atomic mass is 19.4. The fourth-order valence-electron chi connectivity index (χ4n) is 2.48. The van der Waals surface area contributed by atoms with Crippen molar-refractivity contribution in [2.24, 2.45) is 0 Å². The molecule has 26 heavy (non-hydrogen) atoms. The normalized spacial score (nSPS) is 20.2. The first-order chi connectivity index (χ1) is 12.1. The summed E-state index contributed by atoms with van der Waals surface area (Å²) in [6.07, 6.45) is -6.46. The lowest BCUT2D eigenvalue weighted by Crippen LogP contribution is -2.50. The van der Waals surface area contributed by atoms with Gasteiger partial charge in [-0.3, -0.25) is 9.59 Å². The summed E-state index contributed by atoms with van der Waals surface area (Å²) in [5, 5.41) is 0. The van der Waals surface area contributed by atoms with Crippen LogP contribution in [0.25, 0.3) is 0 Å². The van der Waals surface area contributed by atoms with Crippen molar-refractivity contribution in [2.45, 2.75) is 18.7 Å². The lowest BCUT2D eigenvalue weighted by Gasteiger charge is -2.22. The zero-order valence-corrected chi connectivity index (χ0v) is 13.4. The van der Waals surface area contributed by atoms with E-state index in [0.717, 1.165) is 0 Å². The lowest BCUT2D eigenvalue weighted by molar-refractivity contribution is -0.234. The molecule has 1 aliphatic rings. The molecule has 1 atom stereocenters. The van der Waals surface area contributed by atoms with Crippen LogP contribution in [-0.4, -0.2) is 29.6 Å². The van der Waals surface area contributed by atoms with Crippen molar-refractivity contribution in [3.63, 3.8) is 0 Å². The Morgan fingerprint density at radius 3 is 2.00 bits per heavy atom. The third kappa shape index (κ3) is 2.73. The maximum absolute atomic E-state index is 13.0. The smallest absolute Gasteiger partial charge is 0.422 e. The molecule has 3 rings (SSSR count). The first-order valence-electron chi connectivity index (χ1n) is 7.49. The van der Waals surface area contributed by atoms with Crippen LogP contribution in [0.3, 0.4) is 0 Å². The molecule has 5 nitrogen and oxygen atoms in total. The van der Waals surface area contributed by atoms with Crippen LogP contribution >= 0.6 is 0 Å². The first-order valence-corrected chi connectivity index (χ1v) is 7.49. The van der Waals surface area contributed by atoms with E-state index in [9.17, 15) is 27.6 Å². The monoisotopic (exact) mass is 363 g/mol. The molecule has 134 valence electrons. The number of anilines is 1. The number of carbonyl (C=O) groups excluding carboxylic acids is 3. The molecule has 1 fully saturated rings. The number of benzene rings is 2. The van der Waals surface area contributed by atoms with Crippen LogP contribution in [0.15, 0.2) is 54.6 Å². The molecule has 2 aromatic rings. The molecule has 1 saturated heterocycles. The van der Waals surface area contributed by atoms with E-state index in [1.54, 1.807) is 30.3 Å². The lowest BCUT2D eigenvalue weighted by atomic mass is 10.0. The standard InChI is InChI=1S/C18H12F3NO4/c1-17(18(19,20)21)15(24)22(16(25)26-17)13-9-7-12(8-10-13)14(23)11-5-3-2-4-6-11/h2-10H,1H3. The molecule has 1 unspecified atom stereocenters. The van der Waals surface area contributed by atoms with Crippen LogP contribution in [0, 0.1) is 0 Å². The second kappa shape index (κ2) is 5.98. The molecule has 0 N–H and O–H groups in total. The number of carbonyl (C=O) groups is 3. The van der Waals surface area contributed by atoms with Crippen LogP contribution in [0.1, 0.15) is 22.8 Å². The van der Waals surface area contributed by atoms with E-state index in [-0.39, 0.29) is 17.0 Å². The number of halogens is 3. The van der Waals surface area contributed by atoms with Gasteiger partial charge in [0.05, 0.1) is 5.69 Å². The molecule has 1 aliphatic heterocycles. The average Bonchev–Trinajstić information content (AvgIpc) is 2.85. The van der Waals surface area contributed by atoms with E-state index in [1.165, 1.54) is 24.3 Å². The van der Waals surface area contributed by atoms with Gasteiger partial charge in [0.15, 0.2) is 5.78 Å². The molecular weight excluding hydrogens is 351 g/mol. The summed E-state index contributed by atoms with van der Waals surface area (Å²) in [6.45, 7) is 0.501. The Morgan fingerprint density at radius 1 is 0.962 bits per heavy atom. The minimum Gasteiger partial charge on any atom is -0.422 e. The Kier molecular flexibility index (Phi) is 4.06. The summed E-state index contributed by atoms with van der Waals surface area (Å²) in [6, 6.07) is 13.5. The van der Waals surface area contributed by atoms with Crippen molar-refractivity contribution in [2.75, 3.05) is 4.90 Å². The number of rotatable bonds is 3. The average molecular weight is 363 g/mol. The van der Waals surface area contributed by atoms with E-state index >= 15 is 0 Å². The van der Waals surface area contributed by atoms with Crippen LogP contribution in [0.5, 0.6) is 0 Å². The summed E-state index contributed by atoms with van der Waals surface area (Å²) in [5.41, 5.74) is -2.65. The molecule has 0 aromatic heterocycles. The van der Waals surface area contributed by atoms with Gasteiger partial charge >= 0.3 is 12.3 Å². The van der Waals surface area contributed by atoms with Crippen molar-refractivity contribution in [3.05, 3.63) is 65.7 Å². The van der Waals surface area contributed by atoms with Crippen LogP contribution < -0.4 is 4.90 Å². The highest BCUT2D eigenvalue weighted by Crippen LogP contribution is 2.41. The predicted molar refractivity (Wildman–Crippen MR) is 84.7 cm³/mol. The third-order valence-corrected chi connectivity index (χ3v) is 4.05. The Balaban J connectivity index is 1.89. The number of ketones is 1. The van der Waals surface area contributed by atoms with Gasteiger partial charge in [0.25, 0.3) is 11.5 Å². The fourth-order valence-corrected chi connectivity index (χ4v) is 2.48. The van der Waals surface area contributed by atoms with E-state index in [4.69, 9.17) is 0 Å². The van der Waals surface area contributed by atoms with Gasteiger partial charge in [0.2, 0.25) is 0 Å². The maximum atomic E-state index is 13.0. The molecule has 2 amide bonds. The molecule has 0 aliphatic carbocycles. The van der Waals surface area contributed by atoms with Gasteiger partial charge in [-0.2, -0.15) is 13.2 Å². The second-order valence-electron chi connectivity index (χ2n) is 5.78. The Bertz CT molecular complexity index is 878. The molecule has 0 bridgehead atoms. The molecule has 1 heterocycles. The quantitative estimate of drug-likeness (QED) is 0.780. The van der Waals surface area contributed by atoms with Gasteiger partial charge in [0, 0.05) is 11.1 Å². The van der Waals surface area contributed by atoms with Gasteiger partial charge in [-0.25, -0.2) is 9.69 Å². The van der Waals surface area contributed by atoms with Gasteiger partial charge in [-0.1, -0.05) is 30.3 Å². The van der Waals surface area contributed by atoms with E-state index in [2.05, 4.69) is 4.74 Å². The largest absolute Gasteiger partial charge is 0.437 e. The highest BCUT2D eigenvalue weighted by molar-refractivity contribution is 6.20. The van der Waals surface area contributed by atoms with Gasteiger partial charge in [-0.15, -0.1) is 0 Å². The number of hydrogen-bond donors (Lipinski definition) is 0. The molecular formula is C18H12F3NO4. The molecule has 0 spiro atoms. The van der Waals surface area contributed by atoms with Crippen molar-refractivity contribution in [1.82, 2.24) is 0 Å². The summed E-state index contributed by atoms with van der Waals surface area (Å²) in [7, 11) is 0. The highest BCUT2D eigenvalue weighted by Gasteiger charge is 2.67. The number of alkyl halides is 3. The first kappa shape index (κ1) is 17.7. The van der Waals surface area contributed by atoms with Crippen molar-refractivity contribution in [3.8, 4) is 0 Å². The topological polar surface area (TPSA) is 63.7 Å².